The first-order valence-electron chi connectivity index (χ1n) is 6.55. The lowest BCUT2D eigenvalue weighted by atomic mass is 10.3. The molecule has 0 saturated heterocycles. The topological polar surface area (TPSA) is 58.3 Å². The van der Waals surface area contributed by atoms with Gasteiger partial charge in [0, 0.05) is 38.8 Å². The van der Waals surface area contributed by atoms with E-state index in [4.69, 9.17) is 5.73 Å². The minimum absolute atomic E-state index is 0.127. The third kappa shape index (κ3) is 3.84. The van der Waals surface area contributed by atoms with E-state index in [9.17, 15) is 0 Å². The van der Waals surface area contributed by atoms with Crippen molar-refractivity contribution >= 4 is 11.6 Å². The first kappa shape index (κ1) is 14.7. The molecule has 0 aliphatic rings. The molecule has 5 nitrogen and oxygen atoms in total. The fourth-order valence-corrected chi connectivity index (χ4v) is 1.97. The van der Waals surface area contributed by atoms with Gasteiger partial charge in [-0.25, -0.2) is 9.97 Å². The average molecular weight is 251 g/mol. The molecule has 5 heteroatoms. The van der Waals surface area contributed by atoms with Crippen molar-refractivity contribution in [3.05, 3.63) is 11.9 Å². The lowest BCUT2D eigenvalue weighted by Crippen LogP contribution is -2.33. The lowest BCUT2D eigenvalue weighted by molar-refractivity contribution is 0.708. The summed E-state index contributed by atoms with van der Waals surface area (Å²) in [7, 11) is 2.01. The fourth-order valence-electron chi connectivity index (χ4n) is 1.97. The van der Waals surface area contributed by atoms with Crippen LogP contribution < -0.4 is 15.5 Å². The first-order valence-corrected chi connectivity index (χ1v) is 6.55. The van der Waals surface area contributed by atoms with Crippen molar-refractivity contribution in [2.75, 3.05) is 36.5 Å². The number of nitrogens with two attached hydrogens (primary N) is 1. The van der Waals surface area contributed by atoms with Gasteiger partial charge in [0.25, 0.3) is 0 Å². The molecule has 2 N–H and O–H groups in total. The van der Waals surface area contributed by atoms with Crippen molar-refractivity contribution in [1.29, 1.82) is 0 Å². The molecule has 1 atom stereocenters. The number of hydrogen-bond acceptors (Lipinski definition) is 5. The largest absolute Gasteiger partial charge is 0.358 e. The highest BCUT2D eigenvalue weighted by atomic mass is 15.2. The van der Waals surface area contributed by atoms with Crippen LogP contribution in [0.1, 0.15) is 26.6 Å². The van der Waals surface area contributed by atoms with Crippen molar-refractivity contribution < 1.29 is 0 Å². The Hall–Kier alpha value is -1.36. The van der Waals surface area contributed by atoms with E-state index in [2.05, 4.69) is 33.6 Å². The second-order valence-electron chi connectivity index (χ2n) is 4.66. The zero-order valence-corrected chi connectivity index (χ0v) is 12.1. The molecule has 1 rings (SSSR count). The van der Waals surface area contributed by atoms with E-state index in [1.807, 2.05) is 27.0 Å². The van der Waals surface area contributed by atoms with E-state index in [0.29, 0.717) is 0 Å². The van der Waals surface area contributed by atoms with E-state index in [0.717, 1.165) is 37.1 Å². The summed E-state index contributed by atoms with van der Waals surface area (Å²) < 4.78 is 0. The Labute approximate surface area is 110 Å². The van der Waals surface area contributed by atoms with Gasteiger partial charge in [-0.3, -0.25) is 0 Å². The fraction of sp³-hybridized carbons (Fsp3) is 0.692. The van der Waals surface area contributed by atoms with Crippen LogP contribution in [0.2, 0.25) is 0 Å². The number of nitrogens with zero attached hydrogens (tertiary/aromatic N) is 4. The molecule has 0 bridgehead atoms. The molecule has 0 spiro atoms. The maximum atomic E-state index is 5.82. The highest BCUT2D eigenvalue weighted by Gasteiger charge is 2.11. The highest BCUT2D eigenvalue weighted by Crippen LogP contribution is 2.18. The first-order chi connectivity index (χ1) is 8.47. The monoisotopic (exact) mass is 251 g/mol. The summed E-state index contributed by atoms with van der Waals surface area (Å²) in [5, 5.41) is 0. The summed E-state index contributed by atoms with van der Waals surface area (Å²) >= 11 is 0. The second kappa shape index (κ2) is 6.54. The Morgan fingerprint density at radius 2 is 1.78 bits per heavy atom. The van der Waals surface area contributed by atoms with Gasteiger partial charge in [0.2, 0.25) is 0 Å². The molecule has 1 aromatic rings. The normalized spacial score (nSPS) is 12.3. The number of anilines is 2. The highest BCUT2D eigenvalue weighted by molar-refractivity contribution is 5.50. The molecule has 1 heterocycles. The number of hydrogen-bond donors (Lipinski definition) is 1. The van der Waals surface area contributed by atoms with E-state index in [1.54, 1.807) is 0 Å². The Bertz CT molecular complexity index is 374. The van der Waals surface area contributed by atoms with Crippen LogP contribution in [0.5, 0.6) is 0 Å². The van der Waals surface area contributed by atoms with Crippen molar-refractivity contribution in [2.45, 2.75) is 33.7 Å². The summed E-state index contributed by atoms with van der Waals surface area (Å²) in [5.41, 5.74) is 5.82. The van der Waals surface area contributed by atoms with Crippen LogP contribution in [0.15, 0.2) is 6.07 Å². The summed E-state index contributed by atoms with van der Waals surface area (Å²) in [6, 6.07) is 2.16. The predicted molar refractivity (Wildman–Crippen MR) is 77.2 cm³/mol. The third-order valence-corrected chi connectivity index (χ3v) is 2.85. The molecule has 1 unspecified atom stereocenters. The Balaban J connectivity index is 2.99. The zero-order valence-electron chi connectivity index (χ0n) is 12.1. The van der Waals surface area contributed by atoms with Gasteiger partial charge in [0.15, 0.2) is 0 Å². The molecule has 0 aromatic carbocycles. The van der Waals surface area contributed by atoms with E-state index in [-0.39, 0.29) is 6.04 Å². The summed E-state index contributed by atoms with van der Waals surface area (Å²) in [6.07, 6.45) is 0. The molecule has 102 valence electrons. The Kier molecular flexibility index (Phi) is 5.34. The van der Waals surface area contributed by atoms with Gasteiger partial charge in [-0.05, 0) is 27.7 Å². The quantitative estimate of drug-likeness (QED) is 0.828. The average Bonchev–Trinajstić information content (AvgIpc) is 2.29. The van der Waals surface area contributed by atoms with Gasteiger partial charge in [-0.15, -0.1) is 0 Å². The Morgan fingerprint density at radius 3 is 2.28 bits per heavy atom. The van der Waals surface area contributed by atoms with Crippen LogP contribution in [-0.4, -0.2) is 42.7 Å². The SMILES string of the molecule is CCN(CC)c1cc(N(C)CC(C)N)nc(C)n1. The number of likely N-dealkylation sites (N-methyl/N-ethyl adjacent to an activating group) is 1. The summed E-state index contributed by atoms with van der Waals surface area (Å²) in [4.78, 5) is 13.3. The van der Waals surface area contributed by atoms with E-state index >= 15 is 0 Å². The minimum Gasteiger partial charge on any atom is -0.358 e. The van der Waals surface area contributed by atoms with Crippen molar-refractivity contribution in [3.8, 4) is 0 Å². The Morgan fingerprint density at radius 1 is 1.22 bits per heavy atom. The molecule has 0 radical (unpaired) electrons. The number of rotatable bonds is 6. The second-order valence-corrected chi connectivity index (χ2v) is 4.66. The molecule has 0 aliphatic carbocycles. The van der Waals surface area contributed by atoms with E-state index in [1.165, 1.54) is 0 Å². The lowest BCUT2D eigenvalue weighted by Gasteiger charge is -2.24. The standard InChI is InChI=1S/C13H25N5/c1-6-18(7-2)13-8-12(15-11(4)16-13)17(5)9-10(3)14/h8,10H,6-7,9,14H2,1-5H3. The minimum atomic E-state index is 0.127. The molecular formula is C13H25N5. The van der Waals surface area contributed by atoms with Gasteiger partial charge < -0.3 is 15.5 Å². The maximum Gasteiger partial charge on any atom is 0.134 e. The van der Waals surface area contributed by atoms with Crippen LogP contribution in [0.3, 0.4) is 0 Å². The smallest absolute Gasteiger partial charge is 0.134 e. The molecule has 0 amide bonds. The van der Waals surface area contributed by atoms with Gasteiger partial charge >= 0.3 is 0 Å². The molecule has 0 fully saturated rings. The number of aryl methyl sites for hydroxylation is 1. The van der Waals surface area contributed by atoms with Crippen LogP contribution in [0.4, 0.5) is 11.6 Å². The van der Waals surface area contributed by atoms with Crippen LogP contribution >= 0.6 is 0 Å². The van der Waals surface area contributed by atoms with Gasteiger partial charge in [-0.2, -0.15) is 0 Å². The van der Waals surface area contributed by atoms with Crippen LogP contribution in [0, 0.1) is 6.92 Å². The third-order valence-electron chi connectivity index (χ3n) is 2.85. The molecule has 0 aliphatic heterocycles. The molecular weight excluding hydrogens is 226 g/mol. The van der Waals surface area contributed by atoms with Crippen molar-refractivity contribution in [3.63, 3.8) is 0 Å². The van der Waals surface area contributed by atoms with Crippen molar-refractivity contribution in [1.82, 2.24) is 9.97 Å². The maximum absolute atomic E-state index is 5.82. The van der Waals surface area contributed by atoms with Crippen molar-refractivity contribution in [2.24, 2.45) is 5.73 Å². The van der Waals surface area contributed by atoms with Gasteiger partial charge in [0.05, 0.1) is 0 Å². The predicted octanol–water partition coefficient (Wildman–Crippen LogP) is 1.41. The summed E-state index contributed by atoms with van der Waals surface area (Å²) in [6.45, 7) is 10.9. The molecule has 1 aromatic heterocycles. The van der Waals surface area contributed by atoms with E-state index < -0.39 is 0 Å². The summed E-state index contributed by atoms with van der Waals surface area (Å²) in [5.74, 6) is 2.71. The van der Waals surface area contributed by atoms with Crippen LogP contribution in [-0.2, 0) is 0 Å². The zero-order chi connectivity index (χ0) is 13.7. The van der Waals surface area contributed by atoms with Gasteiger partial charge in [0.1, 0.15) is 17.5 Å². The van der Waals surface area contributed by atoms with Crippen LogP contribution in [0.25, 0.3) is 0 Å². The molecule has 18 heavy (non-hydrogen) atoms. The number of aromatic nitrogens is 2. The molecule has 0 saturated carbocycles. The van der Waals surface area contributed by atoms with Gasteiger partial charge in [-0.1, -0.05) is 0 Å².